The van der Waals surface area contributed by atoms with Crippen LogP contribution in [0.2, 0.25) is 5.02 Å². The van der Waals surface area contributed by atoms with E-state index in [1.165, 1.54) is 18.2 Å². The van der Waals surface area contributed by atoms with Crippen molar-refractivity contribution in [2.45, 2.75) is 9.79 Å². The minimum Gasteiger partial charge on any atom is -0.478 e. The van der Waals surface area contributed by atoms with Crippen LogP contribution in [0.3, 0.4) is 0 Å². The second-order valence-electron chi connectivity index (χ2n) is 3.80. The van der Waals surface area contributed by atoms with Gasteiger partial charge in [-0.3, -0.25) is 10.1 Å². The Morgan fingerprint density at radius 3 is 2.60 bits per heavy atom. The molecule has 20 heavy (non-hydrogen) atoms. The monoisotopic (exact) mass is 309 g/mol. The van der Waals surface area contributed by atoms with E-state index in [0.717, 1.165) is 11.8 Å². The standard InChI is InChI=1S/C13H8ClNO4S/c14-8-2-1-3-10(6-8)20-12-7-9(15(18)19)4-5-11(12)13(16)17/h1-7H,(H,16,17). The van der Waals surface area contributed by atoms with E-state index < -0.39 is 10.9 Å². The summed E-state index contributed by atoms with van der Waals surface area (Å²) in [5.74, 6) is -1.13. The molecule has 2 rings (SSSR count). The molecule has 0 aliphatic rings. The number of nitrogens with zero attached hydrogens (tertiary/aromatic N) is 1. The maximum atomic E-state index is 11.2. The summed E-state index contributed by atoms with van der Waals surface area (Å²) in [4.78, 5) is 22.4. The first-order chi connectivity index (χ1) is 9.47. The summed E-state index contributed by atoms with van der Waals surface area (Å²) in [6, 6.07) is 10.5. The van der Waals surface area contributed by atoms with Crippen LogP contribution in [0.25, 0.3) is 0 Å². The number of nitro groups is 1. The van der Waals surface area contributed by atoms with Crippen molar-refractivity contribution in [2.75, 3.05) is 0 Å². The van der Waals surface area contributed by atoms with Crippen molar-refractivity contribution >= 4 is 35.0 Å². The number of nitro benzene ring substituents is 1. The van der Waals surface area contributed by atoms with E-state index in [0.29, 0.717) is 14.8 Å². The van der Waals surface area contributed by atoms with Crippen LogP contribution in [0.5, 0.6) is 0 Å². The molecule has 7 heteroatoms. The zero-order valence-corrected chi connectivity index (χ0v) is 11.5. The van der Waals surface area contributed by atoms with Crippen molar-refractivity contribution in [2.24, 2.45) is 0 Å². The van der Waals surface area contributed by atoms with E-state index in [9.17, 15) is 14.9 Å². The molecule has 5 nitrogen and oxygen atoms in total. The zero-order valence-electron chi connectivity index (χ0n) is 9.95. The van der Waals surface area contributed by atoms with Gasteiger partial charge in [0.15, 0.2) is 0 Å². The van der Waals surface area contributed by atoms with Crippen molar-refractivity contribution in [1.82, 2.24) is 0 Å². The first-order valence-corrected chi connectivity index (χ1v) is 6.62. The van der Waals surface area contributed by atoms with Crippen LogP contribution in [-0.4, -0.2) is 16.0 Å². The average molecular weight is 310 g/mol. The molecule has 2 aromatic rings. The van der Waals surface area contributed by atoms with E-state index >= 15 is 0 Å². The lowest BCUT2D eigenvalue weighted by Crippen LogP contribution is -2.00. The molecule has 0 fully saturated rings. The molecule has 0 saturated carbocycles. The second-order valence-corrected chi connectivity index (χ2v) is 5.35. The quantitative estimate of drug-likeness (QED) is 0.679. The highest BCUT2D eigenvalue weighted by Gasteiger charge is 2.16. The summed E-state index contributed by atoms with van der Waals surface area (Å²) in [6.45, 7) is 0. The lowest BCUT2D eigenvalue weighted by Gasteiger charge is -2.06. The van der Waals surface area contributed by atoms with Gasteiger partial charge in [-0.05, 0) is 24.3 Å². The number of rotatable bonds is 4. The molecule has 0 heterocycles. The first kappa shape index (κ1) is 14.4. The molecule has 0 spiro atoms. The number of hydrogen-bond donors (Lipinski definition) is 1. The normalized spacial score (nSPS) is 10.2. The number of aromatic carboxylic acids is 1. The first-order valence-electron chi connectivity index (χ1n) is 5.42. The highest BCUT2D eigenvalue weighted by molar-refractivity contribution is 7.99. The average Bonchev–Trinajstić information content (AvgIpc) is 2.38. The Kier molecular flexibility index (Phi) is 4.26. The molecule has 0 aliphatic heterocycles. The van der Waals surface area contributed by atoms with E-state index in [-0.39, 0.29) is 11.3 Å². The Hall–Kier alpha value is -2.05. The van der Waals surface area contributed by atoms with Gasteiger partial charge in [0.2, 0.25) is 0 Å². The number of benzene rings is 2. The Labute approximate surface area is 123 Å². The van der Waals surface area contributed by atoms with Gasteiger partial charge in [0, 0.05) is 26.9 Å². The minimum absolute atomic E-state index is 0.0144. The van der Waals surface area contributed by atoms with Gasteiger partial charge >= 0.3 is 5.97 Å². The van der Waals surface area contributed by atoms with Crippen LogP contribution in [0.1, 0.15) is 10.4 Å². The summed E-state index contributed by atoms with van der Waals surface area (Å²) in [5.41, 5.74) is -0.139. The molecule has 0 aromatic heterocycles. The summed E-state index contributed by atoms with van der Waals surface area (Å²) in [5, 5.41) is 20.4. The van der Waals surface area contributed by atoms with Crippen LogP contribution in [-0.2, 0) is 0 Å². The van der Waals surface area contributed by atoms with Crippen molar-refractivity contribution in [3.63, 3.8) is 0 Å². The largest absolute Gasteiger partial charge is 0.478 e. The van der Waals surface area contributed by atoms with Crippen LogP contribution >= 0.6 is 23.4 Å². The van der Waals surface area contributed by atoms with Gasteiger partial charge in [0.05, 0.1) is 10.5 Å². The van der Waals surface area contributed by atoms with Gasteiger partial charge in [0.25, 0.3) is 5.69 Å². The van der Waals surface area contributed by atoms with Crippen LogP contribution < -0.4 is 0 Å². The van der Waals surface area contributed by atoms with Crippen molar-refractivity contribution in [3.8, 4) is 0 Å². The Morgan fingerprint density at radius 2 is 2.00 bits per heavy atom. The zero-order chi connectivity index (χ0) is 14.7. The van der Waals surface area contributed by atoms with Crippen LogP contribution in [0, 0.1) is 10.1 Å². The van der Waals surface area contributed by atoms with E-state index in [2.05, 4.69) is 0 Å². The maximum Gasteiger partial charge on any atom is 0.336 e. The number of halogens is 1. The Morgan fingerprint density at radius 1 is 1.25 bits per heavy atom. The number of hydrogen-bond acceptors (Lipinski definition) is 4. The van der Waals surface area contributed by atoms with Gasteiger partial charge < -0.3 is 5.11 Å². The smallest absolute Gasteiger partial charge is 0.336 e. The molecule has 2 aromatic carbocycles. The highest BCUT2D eigenvalue weighted by atomic mass is 35.5. The molecule has 102 valence electrons. The SMILES string of the molecule is O=C(O)c1ccc([N+](=O)[O-])cc1Sc1cccc(Cl)c1. The summed E-state index contributed by atoms with van der Waals surface area (Å²) < 4.78 is 0. The summed E-state index contributed by atoms with van der Waals surface area (Å²) in [7, 11) is 0. The number of carboxylic acid groups (broad SMARTS) is 1. The lowest BCUT2D eigenvalue weighted by atomic mass is 10.2. The third kappa shape index (κ3) is 3.28. The molecule has 0 radical (unpaired) electrons. The van der Waals surface area contributed by atoms with Gasteiger partial charge in [-0.1, -0.05) is 29.4 Å². The number of carbonyl (C=O) groups is 1. The van der Waals surface area contributed by atoms with Gasteiger partial charge in [-0.2, -0.15) is 0 Å². The van der Waals surface area contributed by atoms with E-state index in [1.54, 1.807) is 24.3 Å². The maximum absolute atomic E-state index is 11.2. The van der Waals surface area contributed by atoms with Gasteiger partial charge in [0.1, 0.15) is 0 Å². The third-order valence-corrected chi connectivity index (χ3v) is 3.71. The molecular formula is C13H8ClNO4S. The molecule has 0 unspecified atom stereocenters. The molecule has 0 amide bonds. The van der Waals surface area contributed by atoms with Crippen molar-refractivity contribution < 1.29 is 14.8 Å². The summed E-state index contributed by atoms with van der Waals surface area (Å²) >= 11 is 6.98. The number of non-ortho nitro benzene ring substituents is 1. The Balaban J connectivity index is 2.44. The molecule has 0 bridgehead atoms. The van der Waals surface area contributed by atoms with Gasteiger partial charge in [-0.15, -0.1) is 0 Å². The van der Waals surface area contributed by atoms with Crippen molar-refractivity contribution in [1.29, 1.82) is 0 Å². The third-order valence-electron chi connectivity index (χ3n) is 2.43. The predicted octanol–water partition coefficient (Wildman–Crippen LogP) is 4.10. The fraction of sp³-hybridized carbons (Fsp3) is 0. The fourth-order valence-corrected chi connectivity index (χ4v) is 2.83. The van der Waals surface area contributed by atoms with Gasteiger partial charge in [-0.25, -0.2) is 4.79 Å². The van der Waals surface area contributed by atoms with Crippen LogP contribution in [0.4, 0.5) is 5.69 Å². The minimum atomic E-state index is -1.13. The second kappa shape index (κ2) is 5.94. The molecule has 0 saturated heterocycles. The molecule has 1 N–H and O–H groups in total. The van der Waals surface area contributed by atoms with Crippen molar-refractivity contribution in [3.05, 3.63) is 63.2 Å². The predicted molar refractivity (Wildman–Crippen MR) is 75.6 cm³/mol. The fourth-order valence-electron chi connectivity index (χ4n) is 1.54. The molecule has 0 aliphatic carbocycles. The number of carboxylic acids is 1. The molecular weight excluding hydrogens is 302 g/mol. The topological polar surface area (TPSA) is 80.4 Å². The van der Waals surface area contributed by atoms with E-state index in [1.807, 2.05) is 0 Å². The molecule has 0 atom stereocenters. The van der Waals surface area contributed by atoms with Crippen LogP contribution in [0.15, 0.2) is 52.3 Å². The lowest BCUT2D eigenvalue weighted by molar-refractivity contribution is -0.385. The summed E-state index contributed by atoms with van der Waals surface area (Å²) in [6.07, 6.45) is 0. The Bertz CT molecular complexity index is 690. The van der Waals surface area contributed by atoms with E-state index in [4.69, 9.17) is 16.7 Å². The highest BCUT2D eigenvalue weighted by Crippen LogP contribution is 2.34.